The van der Waals surface area contributed by atoms with Crippen LogP contribution in [0.5, 0.6) is 0 Å². The maximum absolute atomic E-state index is 12.4. The molecule has 142 valence electrons. The van der Waals surface area contributed by atoms with E-state index in [-0.39, 0.29) is 11.6 Å². The monoisotopic (exact) mass is 376 g/mol. The van der Waals surface area contributed by atoms with Gasteiger partial charge in [-0.25, -0.2) is 5.43 Å². The number of carbonyl (C=O) groups is 1. The van der Waals surface area contributed by atoms with Crippen LogP contribution in [-0.4, -0.2) is 21.1 Å². The lowest BCUT2D eigenvalue weighted by molar-refractivity contribution is -0.384. The predicted octanol–water partition coefficient (Wildman–Crippen LogP) is 4.16. The summed E-state index contributed by atoms with van der Waals surface area (Å²) in [6.45, 7) is 5.73. The number of aromatic nitrogens is 1. The average molecular weight is 376 g/mol. The molecule has 28 heavy (non-hydrogen) atoms. The van der Waals surface area contributed by atoms with Crippen molar-refractivity contribution in [3.63, 3.8) is 0 Å². The summed E-state index contributed by atoms with van der Waals surface area (Å²) in [6, 6.07) is 17.4. The van der Waals surface area contributed by atoms with Gasteiger partial charge >= 0.3 is 0 Å². The topological polar surface area (TPSA) is 89.5 Å². The van der Waals surface area contributed by atoms with E-state index in [4.69, 9.17) is 0 Å². The lowest BCUT2D eigenvalue weighted by Gasteiger charge is -2.10. The van der Waals surface area contributed by atoms with Crippen molar-refractivity contribution in [2.75, 3.05) is 0 Å². The molecular weight excluding hydrogens is 356 g/mol. The highest BCUT2D eigenvalue weighted by Crippen LogP contribution is 2.17. The molecule has 0 bridgehead atoms. The van der Waals surface area contributed by atoms with E-state index in [9.17, 15) is 14.9 Å². The van der Waals surface area contributed by atoms with Crippen LogP contribution < -0.4 is 5.43 Å². The van der Waals surface area contributed by atoms with Crippen LogP contribution in [-0.2, 0) is 0 Å². The van der Waals surface area contributed by atoms with Gasteiger partial charge in [-0.15, -0.1) is 0 Å². The quantitative estimate of drug-likeness (QED) is 0.412. The van der Waals surface area contributed by atoms with Gasteiger partial charge in [0.1, 0.15) is 0 Å². The van der Waals surface area contributed by atoms with Crippen molar-refractivity contribution >= 4 is 17.3 Å². The molecular formula is C21H20N4O3. The fourth-order valence-corrected chi connectivity index (χ4v) is 2.95. The number of nitrogens with zero attached hydrogens (tertiary/aromatic N) is 3. The Hall–Kier alpha value is -3.74. The summed E-state index contributed by atoms with van der Waals surface area (Å²) < 4.78 is 2.10. The molecule has 0 fully saturated rings. The average Bonchev–Trinajstić information content (AvgIpc) is 3.04. The fraction of sp³-hybridized carbons (Fsp3) is 0.143. The molecule has 0 spiro atoms. The maximum Gasteiger partial charge on any atom is 0.271 e. The molecule has 0 radical (unpaired) electrons. The lowest BCUT2D eigenvalue weighted by atomic mass is 10.1. The number of hydrogen-bond acceptors (Lipinski definition) is 4. The van der Waals surface area contributed by atoms with Crippen LogP contribution in [0.4, 0.5) is 5.69 Å². The second kappa shape index (κ2) is 7.87. The molecule has 0 aliphatic carbocycles. The van der Waals surface area contributed by atoms with Crippen molar-refractivity contribution in [1.29, 1.82) is 0 Å². The molecule has 0 aliphatic heterocycles. The van der Waals surface area contributed by atoms with Gasteiger partial charge in [0.2, 0.25) is 0 Å². The molecule has 7 heteroatoms. The summed E-state index contributed by atoms with van der Waals surface area (Å²) in [5.41, 5.74) is 7.21. The van der Waals surface area contributed by atoms with Gasteiger partial charge in [-0.3, -0.25) is 14.9 Å². The minimum Gasteiger partial charge on any atom is -0.319 e. The van der Waals surface area contributed by atoms with Crippen molar-refractivity contribution in [3.8, 4) is 5.69 Å². The highest BCUT2D eigenvalue weighted by Gasteiger charge is 2.10. The molecule has 0 atom stereocenters. The Morgan fingerprint density at radius 3 is 2.25 bits per heavy atom. The molecule has 0 aliphatic rings. The van der Waals surface area contributed by atoms with Gasteiger partial charge < -0.3 is 4.57 Å². The first-order valence-corrected chi connectivity index (χ1v) is 8.71. The molecule has 1 N–H and O–H groups in total. The minimum absolute atomic E-state index is 0.0236. The normalized spacial score (nSPS) is 11.3. The standard InChI is InChI=1S/C21H20N4O3/c1-14-7-8-15(2)24(14)19-11-9-17(10-12-19)21(26)23-22-16(3)18-5-4-6-20(13-18)25(27)28/h4-13H,1-3H3,(H,23,26)/b22-16+. The highest BCUT2D eigenvalue weighted by atomic mass is 16.6. The van der Waals surface area contributed by atoms with Gasteiger partial charge in [0.25, 0.3) is 11.6 Å². The number of hydrogen-bond donors (Lipinski definition) is 1. The molecule has 7 nitrogen and oxygen atoms in total. The van der Waals surface area contributed by atoms with Crippen molar-refractivity contribution in [2.45, 2.75) is 20.8 Å². The first-order valence-electron chi connectivity index (χ1n) is 8.71. The first-order chi connectivity index (χ1) is 13.4. The van der Waals surface area contributed by atoms with Gasteiger partial charge in [0, 0.05) is 40.3 Å². The second-order valence-corrected chi connectivity index (χ2v) is 6.44. The van der Waals surface area contributed by atoms with Crippen LogP contribution in [0.25, 0.3) is 5.69 Å². The second-order valence-electron chi connectivity index (χ2n) is 6.44. The SMILES string of the molecule is C/C(=N\NC(=O)c1ccc(-n2c(C)ccc2C)cc1)c1cccc([N+](=O)[O-])c1. The highest BCUT2D eigenvalue weighted by molar-refractivity contribution is 6.01. The van der Waals surface area contributed by atoms with Crippen LogP contribution in [0.1, 0.15) is 34.2 Å². The predicted molar refractivity (Wildman–Crippen MR) is 108 cm³/mol. The van der Waals surface area contributed by atoms with Crippen LogP contribution >= 0.6 is 0 Å². The largest absolute Gasteiger partial charge is 0.319 e. The summed E-state index contributed by atoms with van der Waals surface area (Å²) in [4.78, 5) is 22.8. The Labute approximate surface area is 162 Å². The molecule has 1 amide bonds. The van der Waals surface area contributed by atoms with Gasteiger partial charge in [-0.2, -0.15) is 5.10 Å². The summed E-state index contributed by atoms with van der Waals surface area (Å²) in [6.07, 6.45) is 0. The number of nitro benzene ring substituents is 1. The van der Waals surface area contributed by atoms with E-state index in [1.807, 2.05) is 38.1 Å². The fourth-order valence-electron chi connectivity index (χ4n) is 2.95. The molecule has 2 aromatic carbocycles. The summed E-state index contributed by atoms with van der Waals surface area (Å²) in [7, 11) is 0. The van der Waals surface area contributed by atoms with Crippen LogP contribution in [0.2, 0.25) is 0 Å². The summed E-state index contributed by atoms with van der Waals surface area (Å²) in [5, 5.41) is 14.9. The lowest BCUT2D eigenvalue weighted by Crippen LogP contribution is -2.19. The van der Waals surface area contributed by atoms with Crippen molar-refractivity contribution < 1.29 is 9.72 Å². The third-order valence-electron chi connectivity index (χ3n) is 4.46. The first kappa shape index (κ1) is 19.0. The van der Waals surface area contributed by atoms with Crippen molar-refractivity contribution in [3.05, 3.63) is 93.3 Å². The Morgan fingerprint density at radius 1 is 1.00 bits per heavy atom. The zero-order valence-electron chi connectivity index (χ0n) is 15.8. The van der Waals surface area contributed by atoms with E-state index in [1.165, 1.54) is 12.1 Å². The number of amides is 1. The van der Waals surface area contributed by atoms with E-state index in [1.54, 1.807) is 31.2 Å². The summed E-state index contributed by atoms with van der Waals surface area (Å²) >= 11 is 0. The number of aryl methyl sites for hydroxylation is 2. The molecule has 0 saturated carbocycles. The van der Waals surface area contributed by atoms with Crippen molar-refractivity contribution in [2.24, 2.45) is 5.10 Å². The molecule has 1 heterocycles. The zero-order valence-corrected chi connectivity index (χ0v) is 15.8. The van der Waals surface area contributed by atoms with Crippen molar-refractivity contribution in [1.82, 2.24) is 9.99 Å². The van der Waals surface area contributed by atoms with E-state index >= 15 is 0 Å². The number of nitro groups is 1. The van der Waals surface area contributed by atoms with E-state index in [2.05, 4.69) is 15.1 Å². The third kappa shape index (κ3) is 3.98. The Kier molecular flexibility index (Phi) is 5.35. The number of non-ortho nitro benzene ring substituents is 1. The molecule has 0 unspecified atom stereocenters. The number of benzene rings is 2. The van der Waals surface area contributed by atoms with Crippen LogP contribution in [0.3, 0.4) is 0 Å². The van der Waals surface area contributed by atoms with E-state index in [0.29, 0.717) is 16.8 Å². The molecule has 3 rings (SSSR count). The van der Waals surface area contributed by atoms with Gasteiger partial charge in [0.15, 0.2) is 0 Å². The number of nitrogens with one attached hydrogen (secondary N) is 1. The molecule has 0 saturated heterocycles. The molecule has 1 aromatic heterocycles. The minimum atomic E-state index is -0.467. The van der Waals surface area contributed by atoms with E-state index in [0.717, 1.165) is 17.1 Å². The van der Waals surface area contributed by atoms with Gasteiger partial charge in [-0.05, 0) is 57.2 Å². The maximum atomic E-state index is 12.4. The Balaban J connectivity index is 1.73. The van der Waals surface area contributed by atoms with E-state index < -0.39 is 4.92 Å². The number of carbonyl (C=O) groups excluding carboxylic acids is 1. The molecule has 3 aromatic rings. The third-order valence-corrected chi connectivity index (χ3v) is 4.46. The zero-order chi connectivity index (χ0) is 20.3. The number of hydrazone groups is 1. The van der Waals surface area contributed by atoms with Crippen LogP contribution in [0, 0.1) is 24.0 Å². The number of rotatable bonds is 5. The van der Waals surface area contributed by atoms with Gasteiger partial charge in [0.05, 0.1) is 10.6 Å². The van der Waals surface area contributed by atoms with Crippen LogP contribution in [0.15, 0.2) is 65.8 Å². The Morgan fingerprint density at radius 2 is 1.64 bits per heavy atom. The van der Waals surface area contributed by atoms with Gasteiger partial charge in [-0.1, -0.05) is 12.1 Å². The smallest absolute Gasteiger partial charge is 0.271 e. The summed E-state index contributed by atoms with van der Waals surface area (Å²) in [5.74, 6) is -0.350. The Bertz CT molecular complexity index is 1050.